The highest BCUT2D eigenvalue weighted by atomic mass is 32.2. The van der Waals surface area contributed by atoms with E-state index < -0.39 is 10.0 Å². The Morgan fingerprint density at radius 3 is 2.88 bits per heavy atom. The molecular weight excluding hydrogens is 355 g/mol. The highest BCUT2D eigenvalue weighted by Gasteiger charge is 2.11. The van der Waals surface area contributed by atoms with Crippen molar-refractivity contribution in [2.45, 2.75) is 6.42 Å². The van der Waals surface area contributed by atoms with Crippen LogP contribution in [0.25, 0.3) is 4.96 Å². The number of ether oxygens (including phenoxy) is 1. The van der Waals surface area contributed by atoms with E-state index in [9.17, 15) is 12.8 Å². The van der Waals surface area contributed by atoms with Crippen molar-refractivity contribution in [2.75, 3.05) is 18.9 Å². The molecule has 128 valence electrons. The zero-order valence-corrected chi connectivity index (χ0v) is 14.2. The number of hydrogen-bond acceptors (Lipinski definition) is 6. The first-order chi connectivity index (χ1) is 11.5. The summed E-state index contributed by atoms with van der Waals surface area (Å²) in [5.41, 5.74) is 0.901. The molecular formula is C14H15FN4O3S2. The van der Waals surface area contributed by atoms with Gasteiger partial charge in [0.25, 0.3) is 0 Å². The summed E-state index contributed by atoms with van der Waals surface area (Å²) in [7, 11) is -3.44. The van der Waals surface area contributed by atoms with Crippen LogP contribution in [-0.4, -0.2) is 41.9 Å². The maximum atomic E-state index is 12.8. The summed E-state index contributed by atoms with van der Waals surface area (Å²) in [6.07, 6.45) is 1.98. The molecule has 24 heavy (non-hydrogen) atoms. The van der Waals surface area contributed by atoms with E-state index in [1.165, 1.54) is 41.9 Å². The third-order valence-electron chi connectivity index (χ3n) is 3.23. The normalized spacial score (nSPS) is 11.9. The van der Waals surface area contributed by atoms with E-state index in [-0.39, 0.29) is 24.7 Å². The molecule has 0 bridgehead atoms. The van der Waals surface area contributed by atoms with Crippen LogP contribution in [-0.2, 0) is 16.4 Å². The fourth-order valence-corrected chi connectivity index (χ4v) is 3.74. The number of sulfonamides is 1. The van der Waals surface area contributed by atoms with Crippen LogP contribution in [0.3, 0.4) is 0 Å². The summed E-state index contributed by atoms with van der Waals surface area (Å²) < 4.78 is 46.1. The van der Waals surface area contributed by atoms with Gasteiger partial charge in [0.15, 0.2) is 0 Å². The SMILES string of the molecule is O=S(=O)(CCOc1ccc(F)cc1)NCCc1csc2ncnn12. The minimum absolute atomic E-state index is 0.00720. The van der Waals surface area contributed by atoms with Crippen molar-refractivity contribution in [3.63, 3.8) is 0 Å². The van der Waals surface area contributed by atoms with Crippen molar-refractivity contribution in [2.24, 2.45) is 0 Å². The lowest BCUT2D eigenvalue weighted by Gasteiger charge is -2.08. The molecule has 2 heterocycles. The number of thiazole rings is 1. The van der Waals surface area contributed by atoms with Gasteiger partial charge in [-0.25, -0.2) is 27.0 Å². The molecule has 0 amide bonds. The summed E-state index contributed by atoms with van der Waals surface area (Å²) in [6.45, 7) is 0.261. The molecule has 1 N–H and O–H groups in total. The molecule has 7 nitrogen and oxygen atoms in total. The highest BCUT2D eigenvalue weighted by molar-refractivity contribution is 7.89. The fraction of sp³-hybridized carbons (Fsp3) is 0.286. The van der Waals surface area contributed by atoms with Gasteiger partial charge in [0, 0.05) is 18.3 Å². The van der Waals surface area contributed by atoms with Crippen LogP contribution in [0, 0.1) is 5.82 Å². The zero-order valence-electron chi connectivity index (χ0n) is 12.6. The quantitative estimate of drug-likeness (QED) is 0.649. The predicted octanol–water partition coefficient (Wildman–Crippen LogP) is 1.47. The number of nitrogens with zero attached hydrogens (tertiary/aromatic N) is 3. The molecule has 10 heteroatoms. The molecule has 2 aromatic heterocycles. The number of hydrogen-bond donors (Lipinski definition) is 1. The Hall–Kier alpha value is -2.04. The van der Waals surface area contributed by atoms with Gasteiger partial charge >= 0.3 is 0 Å². The van der Waals surface area contributed by atoms with E-state index in [4.69, 9.17) is 4.74 Å². The van der Waals surface area contributed by atoms with Crippen LogP contribution < -0.4 is 9.46 Å². The van der Waals surface area contributed by atoms with E-state index in [0.29, 0.717) is 12.2 Å². The molecule has 0 atom stereocenters. The van der Waals surface area contributed by atoms with Gasteiger partial charge in [-0.3, -0.25) is 0 Å². The maximum Gasteiger partial charge on any atom is 0.214 e. The predicted molar refractivity (Wildman–Crippen MR) is 88.3 cm³/mol. The Bertz CT molecular complexity index is 906. The van der Waals surface area contributed by atoms with E-state index in [0.717, 1.165) is 10.7 Å². The maximum absolute atomic E-state index is 12.8. The summed E-state index contributed by atoms with van der Waals surface area (Å²) in [5, 5.41) is 5.98. The average molecular weight is 370 g/mol. The largest absolute Gasteiger partial charge is 0.492 e. The summed E-state index contributed by atoms with van der Waals surface area (Å²) in [5.74, 6) is -0.114. The molecule has 0 aliphatic heterocycles. The zero-order chi connectivity index (χ0) is 17.0. The van der Waals surface area contributed by atoms with Gasteiger partial charge in [0.1, 0.15) is 24.5 Å². The van der Waals surface area contributed by atoms with Crippen molar-refractivity contribution < 1.29 is 17.5 Å². The average Bonchev–Trinajstić information content (AvgIpc) is 3.14. The Morgan fingerprint density at radius 1 is 1.29 bits per heavy atom. The summed E-state index contributed by atoms with van der Waals surface area (Å²) in [4.78, 5) is 4.84. The lowest BCUT2D eigenvalue weighted by atomic mass is 10.3. The van der Waals surface area contributed by atoms with Crippen molar-refractivity contribution >= 4 is 26.3 Å². The Morgan fingerprint density at radius 2 is 2.08 bits per heavy atom. The minimum atomic E-state index is -3.44. The number of nitrogens with one attached hydrogen (secondary N) is 1. The van der Waals surface area contributed by atoms with Gasteiger partial charge in [-0.2, -0.15) is 5.10 Å². The topological polar surface area (TPSA) is 85.6 Å². The van der Waals surface area contributed by atoms with Gasteiger partial charge in [0.2, 0.25) is 15.0 Å². The van der Waals surface area contributed by atoms with Crippen molar-refractivity contribution in [1.82, 2.24) is 19.3 Å². The van der Waals surface area contributed by atoms with Crippen LogP contribution >= 0.6 is 11.3 Å². The number of benzene rings is 1. The second-order valence-electron chi connectivity index (χ2n) is 4.95. The monoisotopic (exact) mass is 370 g/mol. The summed E-state index contributed by atoms with van der Waals surface area (Å²) >= 11 is 1.46. The number of fused-ring (bicyclic) bond motifs is 1. The van der Waals surface area contributed by atoms with Crippen molar-refractivity contribution in [1.29, 1.82) is 0 Å². The minimum Gasteiger partial charge on any atom is -0.492 e. The van der Waals surface area contributed by atoms with Gasteiger partial charge in [-0.05, 0) is 24.3 Å². The highest BCUT2D eigenvalue weighted by Crippen LogP contribution is 2.13. The molecule has 0 radical (unpaired) electrons. The van der Waals surface area contributed by atoms with Gasteiger partial charge in [0.05, 0.1) is 11.4 Å². The third-order valence-corrected chi connectivity index (χ3v) is 5.45. The Kier molecular flexibility index (Phi) is 5.07. The first kappa shape index (κ1) is 16.8. The summed E-state index contributed by atoms with van der Waals surface area (Å²) in [6, 6.07) is 5.42. The van der Waals surface area contributed by atoms with E-state index in [1.54, 1.807) is 4.52 Å². The second-order valence-corrected chi connectivity index (χ2v) is 7.71. The Labute approximate surface area is 142 Å². The lowest BCUT2D eigenvalue weighted by Crippen LogP contribution is -2.30. The van der Waals surface area contributed by atoms with Crippen LogP contribution in [0.1, 0.15) is 5.69 Å². The number of halogens is 1. The van der Waals surface area contributed by atoms with E-state index in [1.807, 2.05) is 5.38 Å². The van der Waals surface area contributed by atoms with Crippen LogP contribution in [0.2, 0.25) is 0 Å². The molecule has 3 rings (SSSR count). The molecule has 0 spiro atoms. The molecule has 1 aromatic carbocycles. The smallest absolute Gasteiger partial charge is 0.214 e. The molecule has 0 aliphatic carbocycles. The first-order valence-corrected chi connectivity index (χ1v) is 9.68. The Balaban J connectivity index is 1.44. The van der Waals surface area contributed by atoms with Crippen LogP contribution in [0.15, 0.2) is 36.0 Å². The lowest BCUT2D eigenvalue weighted by molar-refractivity contribution is 0.339. The second kappa shape index (κ2) is 7.24. The van der Waals surface area contributed by atoms with E-state index in [2.05, 4.69) is 14.8 Å². The third kappa shape index (κ3) is 4.28. The fourth-order valence-electron chi connectivity index (χ4n) is 2.05. The van der Waals surface area contributed by atoms with Crippen molar-refractivity contribution in [3.05, 3.63) is 47.5 Å². The molecule has 0 fully saturated rings. The molecule has 3 aromatic rings. The standard InChI is InChI=1S/C14H15FN4O3S2/c15-11-1-3-13(4-2-11)22-7-8-24(20,21)18-6-5-12-9-23-14-16-10-17-19(12)14/h1-4,9-10,18H,5-8H2. The molecule has 0 saturated carbocycles. The molecule has 0 unspecified atom stereocenters. The molecule has 0 saturated heterocycles. The van der Waals surface area contributed by atoms with Gasteiger partial charge in [-0.15, -0.1) is 11.3 Å². The van der Waals surface area contributed by atoms with Gasteiger partial charge in [-0.1, -0.05) is 0 Å². The van der Waals surface area contributed by atoms with E-state index >= 15 is 0 Å². The van der Waals surface area contributed by atoms with Crippen LogP contribution in [0.4, 0.5) is 4.39 Å². The van der Waals surface area contributed by atoms with Crippen molar-refractivity contribution in [3.8, 4) is 5.75 Å². The number of aromatic nitrogens is 3. The molecule has 0 aliphatic rings. The first-order valence-electron chi connectivity index (χ1n) is 7.15. The van der Waals surface area contributed by atoms with Gasteiger partial charge < -0.3 is 4.74 Å². The van der Waals surface area contributed by atoms with Crippen LogP contribution in [0.5, 0.6) is 5.75 Å². The number of rotatable bonds is 8.